The van der Waals surface area contributed by atoms with Crippen LogP contribution in [0.5, 0.6) is 11.8 Å². The molecule has 130 valence electrons. The van der Waals surface area contributed by atoms with Gasteiger partial charge in [-0.05, 0) is 43.5 Å². The molecule has 7 nitrogen and oxygen atoms in total. The van der Waals surface area contributed by atoms with Gasteiger partial charge in [-0.2, -0.15) is 4.98 Å². The lowest BCUT2D eigenvalue weighted by molar-refractivity contribution is 0.0930. The van der Waals surface area contributed by atoms with Crippen molar-refractivity contribution < 1.29 is 18.7 Å². The zero-order chi connectivity index (χ0) is 17.4. The minimum atomic E-state index is -0.194. The third-order valence-corrected chi connectivity index (χ3v) is 4.78. The lowest BCUT2D eigenvalue weighted by Crippen LogP contribution is -2.42. The van der Waals surface area contributed by atoms with Crippen LogP contribution in [-0.2, 0) is 0 Å². The van der Waals surface area contributed by atoms with Gasteiger partial charge in [-0.3, -0.25) is 9.59 Å². The van der Waals surface area contributed by atoms with Crippen LogP contribution in [0.1, 0.15) is 47.0 Å². The van der Waals surface area contributed by atoms with Crippen molar-refractivity contribution in [2.24, 2.45) is 0 Å². The van der Waals surface area contributed by atoms with Crippen LogP contribution in [0.25, 0.3) is 0 Å². The van der Waals surface area contributed by atoms with E-state index in [1.54, 1.807) is 24.3 Å². The molecule has 7 heteroatoms. The number of rotatable bonds is 5. The zero-order valence-electron chi connectivity index (χ0n) is 13.8. The van der Waals surface area contributed by atoms with E-state index in [-0.39, 0.29) is 29.5 Å². The maximum absolute atomic E-state index is 12.4. The van der Waals surface area contributed by atoms with Gasteiger partial charge in [0.25, 0.3) is 5.91 Å². The molecule has 2 bridgehead atoms. The molecular formula is C18H19N3O4. The standard InChI is InChI=1S/C18H19N3O4/c1-10(22)16-9-24-18(21-16)25-13-5-2-11(3-6-13)17(23)20-15-8-12-4-7-14(15)19-12/h2-3,5-6,9,12,14-15,19H,4,7-8H2,1H3,(H,20,23). The summed E-state index contributed by atoms with van der Waals surface area (Å²) in [6.45, 7) is 1.40. The van der Waals surface area contributed by atoms with Crippen molar-refractivity contribution in [3.8, 4) is 11.8 Å². The summed E-state index contributed by atoms with van der Waals surface area (Å²) >= 11 is 0. The molecule has 0 saturated carbocycles. The van der Waals surface area contributed by atoms with Gasteiger partial charge in [-0.1, -0.05) is 0 Å². The van der Waals surface area contributed by atoms with Crippen LogP contribution in [-0.4, -0.2) is 34.8 Å². The van der Waals surface area contributed by atoms with Crippen LogP contribution < -0.4 is 15.4 Å². The predicted molar refractivity (Wildman–Crippen MR) is 88.8 cm³/mol. The molecular weight excluding hydrogens is 322 g/mol. The highest BCUT2D eigenvalue weighted by atomic mass is 16.6. The van der Waals surface area contributed by atoms with E-state index in [2.05, 4.69) is 15.6 Å². The van der Waals surface area contributed by atoms with Crippen molar-refractivity contribution >= 4 is 11.7 Å². The average molecular weight is 341 g/mol. The average Bonchev–Trinajstić information content (AvgIpc) is 3.32. The largest absolute Gasteiger partial charge is 0.416 e. The minimum Gasteiger partial charge on any atom is -0.416 e. The molecule has 2 saturated heterocycles. The third kappa shape index (κ3) is 3.28. The zero-order valence-corrected chi connectivity index (χ0v) is 13.8. The third-order valence-electron chi connectivity index (χ3n) is 4.78. The molecule has 0 aliphatic carbocycles. The second kappa shape index (κ2) is 6.33. The number of hydrogen-bond acceptors (Lipinski definition) is 6. The van der Waals surface area contributed by atoms with Gasteiger partial charge in [-0.25, -0.2) is 0 Å². The Hall–Kier alpha value is -2.67. The number of benzene rings is 1. The summed E-state index contributed by atoms with van der Waals surface area (Å²) in [4.78, 5) is 27.5. The number of nitrogens with one attached hydrogen (secondary N) is 2. The number of Topliss-reactive ketones (excluding diaryl/α,β-unsaturated/α-hetero) is 1. The van der Waals surface area contributed by atoms with E-state index >= 15 is 0 Å². The summed E-state index contributed by atoms with van der Waals surface area (Å²) in [7, 11) is 0. The second-order valence-corrected chi connectivity index (χ2v) is 6.54. The molecule has 2 N–H and O–H groups in total. The van der Waals surface area contributed by atoms with Crippen molar-refractivity contribution in [1.29, 1.82) is 0 Å². The Balaban J connectivity index is 1.37. The number of ketones is 1. The molecule has 2 aliphatic rings. The van der Waals surface area contributed by atoms with Gasteiger partial charge in [0.05, 0.1) is 0 Å². The van der Waals surface area contributed by atoms with Crippen LogP contribution in [0.4, 0.5) is 0 Å². The van der Waals surface area contributed by atoms with Gasteiger partial charge >= 0.3 is 6.08 Å². The smallest absolute Gasteiger partial charge is 0.399 e. The van der Waals surface area contributed by atoms with Crippen molar-refractivity contribution in [3.63, 3.8) is 0 Å². The first-order valence-electron chi connectivity index (χ1n) is 8.40. The predicted octanol–water partition coefficient (Wildman–Crippen LogP) is 2.29. The number of ether oxygens (including phenoxy) is 1. The van der Waals surface area contributed by atoms with E-state index in [1.165, 1.54) is 19.6 Å². The minimum absolute atomic E-state index is 0.00421. The number of aromatic nitrogens is 1. The fraction of sp³-hybridized carbons (Fsp3) is 0.389. The lowest BCUT2D eigenvalue weighted by atomic mass is 9.95. The number of amides is 1. The van der Waals surface area contributed by atoms with Gasteiger partial charge in [0.2, 0.25) is 0 Å². The van der Waals surface area contributed by atoms with E-state index in [4.69, 9.17) is 9.15 Å². The van der Waals surface area contributed by atoms with Crippen LogP contribution in [0.3, 0.4) is 0 Å². The molecule has 2 aromatic rings. The highest BCUT2D eigenvalue weighted by Gasteiger charge is 2.39. The molecule has 1 aromatic carbocycles. The first-order chi connectivity index (χ1) is 12.1. The maximum Gasteiger partial charge on any atom is 0.399 e. The number of oxazole rings is 1. The first kappa shape index (κ1) is 15.8. The topological polar surface area (TPSA) is 93.5 Å². The molecule has 25 heavy (non-hydrogen) atoms. The monoisotopic (exact) mass is 341 g/mol. The number of carbonyl (C=O) groups excluding carboxylic acids is 2. The Morgan fingerprint density at radius 2 is 2.08 bits per heavy atom. The van der Waals surface area contributed by atoms with Crippen LogP contribution in [0.2, 0.25) is 0 Å². The van der Waals surface area contributed by atoms with Gasteiger partial charge in [0.15, 0.2) is 5.78 Å². The highest BCUT2D eigenvalue weighted by Crippen LogP contribution is 2.28. The Bertz CT molecular complexity index is 799. The van der Waals surface area contributed by atoms with Crippen molar-refractivity contribution in [2.75, 3.05) is 0 Å². The number of hydrogen-bond donors (Lipinski definition) is 2. The van der Waals surface area contributed by atoms with Gasteiger partial charge in [-0.15, -0.1) is 0 Å². The summed E-state index contributed by atoms with van der Waals surface area (Å²) < 4.78 is 10.5. The van der Waals surface area contributed by atoms with E-state index in [1.807, 2.05) is 0 Å². The molecule has 4 rings (SSSR count). The number of carbonyl (C=O) groups is 2. The van der Waals surface area contributed by atoms with Crippen molar-refractivity contribution in [2.45, 2.75) is 44.3 Å². The molecule has 3 unspecified atom stereocenters. The maximum atomic E-state index is 12.4. The van der Waals surface area contributed by atoms with E-state index in [9.17, 15) is 9.59 Å². The highest BCUT2D eigenvalue weighted by molar-refractivity contribution is 5.94. The fourth-order valence-electron chi connectivity index (χ4n) is 3.48. The number of nitrogens with zero attached hydrogens (tertiary/aromatic N) is 1. The van der Waals surface area contributed by atoms with E-state index in [0.717, 1.165) is 12.8 Å². The molecule has 0 radical (unpaired) electrons. The summed E-state index contributed by atoms with van der Waals surface area (Å²) in [6.07, 6.45) is 4.58. The summed E-state index contributed by atoms with van der Waals surface area (Å²) in [5.74, 6) is 0.205. The van der Waals surface area contributed by atoms with Crippen LogP contribution in [0.15, 0.2) is 34.9 Å². The lowest BCUT2D eigenvalue weighted by Gasteiger charge is -2.21. The summed E-state index contributed by atoms with van der Waals surface area (Å²) in [5, 5.41) is 6.61. The van der Waals surface area contributed by atoms with Gasteiger partial charge < -0.3 is 19.8 Å². The molecule has 2 fully saturated rings. The molecule has 3 atom stereocenters. The van der Waals surface area contributed by atoms with Gasteiger partial charge in [0, 0.05) is 30.6 Å². The Labute approximate surface area is 144 Å². The second-order valence-electron chi connectivity index (χ2n) is 6.54. The quantitative estimate of drug-likeness (QED) is 0.811. The normalized spacial score (nSPS) is 24.3. The van der Waals surface area contributed by atoms with Crippen molar-refractivity contribution in [3.05, 3.63) is 41.8 Å². The molecule has 2 aliphatic heterocycles. The van der Waals surface area contributed by atoms with Crippen molar-refractivity contribution in [1.82, 2.24) is 15.6 Å². The molecule has 0 spiro atoms. The Morgan fingerprint density at radius 3 is 2.68 bits per heavy atom. The number of fused-ring (bicyclic) bond motifs is 2. The summed E-state index contributed by atoms with van der Waals surface area (Å²) in [6, 6.07) is 7.89. The summed E-state index contributed by atoms with van der Waals surface area (Å²) in [5.41, 5.74) is 0.789. The van der Waals surface area contributed by atoms with E-state index in [0.29, 0.717) is 23.4 Å². The Kier molecular flexibility index (Phi) is 4.01. The van der Waals surface area contributed by atoms with E-state index < -0.39 is 0 Å². The fourth-order valence-corrected chi connectivity index (χ4v) is 3.48. The Morgan fingerprint density at radius 1 is 1.28 bits per heavy atom. The van der Waals surface area contributed by atoms with Crippen LogP contribution >= 0.6 is 0 Å². The first-order valence-corrected chi connectivity index (χ1v) is 8.40. The molecule has 1 aromatic heterocycles. The van der Waals surface area contributed by atoms with Gasteiger partial charge in [0.1, 0.15) is 17.7 Å². The molecule has 1 amide bonds. The SMILES string of the molecule is CC(=O)c1coc(Oc2ccc(C(=O)NC3CC4CCC3N4)cc2)n1. The molecule has 3 heterocycles. The van der Waals surface area contributed by atoms with Crippen LogP contribution in [0, 0.1) is 0 Å².